The lowest BCUT2D eigenvalue weighted by Gasteiger charge is -2.14. The van der Waals surface area contributed by atoms with Crippen LogP contribution in [0.1, 0.15) is 29.9 Å². The van der Waals surface area contributed by atoms with Crippen molar-refractivity contribution in [3.8, 4) is 11.5 Å². The van der Waals surface area contributed by atoms with Crippen LogP contribution in [0, 0.1) is 6.92 Å². The minimum Gasteiger partial charge on any atom is -0.497 e. The zero-order valence-electron chi connectivity index (χ0n) is 12.4. The number of hydrogen-bond acceptors (Lipinski definition) is 4. The largest absolute Gasteiger partial charge is 0.497 e. The molecule has 2 N–H and O–H groups in total. The van der Waals surface area contributed by atoms with Crippen LogP contribution in [0.25, 0.3) is 0 Å². The quantitative estimate of drug-likeness (QED) is 0.891. The van der Waals surface area contributed by atoms with E-state index in [4.69, 9.17) is 15.2 Å². The maximum absolute atomic E-state index is 5.97. The van der Waals surface area contributed by atoms with E-state index in [9.17, 15) is 0 Å². The van der Waals surface area contributed by atoms with E-state index in [1.165, 1.54) is 0 Å². The number of methoxy groups -OCH3 is 1. The zero-order chi connectivity index (χ0) is 15.4. The predicted octanol–water partition coefficient (Wildman–Crippen LogP) is 3.76. The molecule has 0 aliphatic carbocycles. The number of benzene rings is 1. The third kappa shape index (κ3) is 4.19. The summed E-state index contributed by atoms with van der Waals surface area (Å²) in [6, 6.07) is 9.51. The van der Waals surface area contributed by atoms with Gasteiger partial charge in [-0.05, 0) is 26.0 Å². The number of nitrogens with two attached hydrogens (primary N) is 1. The summed E-state index contributed by atoms with van der Waals surface area (Å²) in [6.07, 6.45) is 0. The van der Waals surface area contributed by atoms with Crippen LogP contribution in [-0.2, 0) is 6.61 Å². The molecule has 1 aromatic carbocycles. The van der Waals surface area contributed by atoms with Gasteiger partial charge >= 0.3 is 0 Å². The highest BCUT2D eigenvalue weighted by Crippen LogP contribution is 2.28. The summed E-state index contributed by atoms with van der Waals surface area (Å²) in [5.41, 5.74) is 8.66. The molecular weight excluding hydrogens is 332 g/mol. The molecule has 4 nitrogen and oxygen atoms in total. The van der Waals surface area contributed by atoms with Crippen LogP contribution < -0.4 is 15.2 Å². The maximum atomic E-state index is 5.97. The Balaban J connectivity index is 2.20. The van der Waals surface area contributed by atoms with E-state index in [0.29, 0.717) is 6.61 Å². The van der Waals surface area contributed by atoms with Crippen molar-refractivity contribution in [2.24, 2.45) is 5.73 Å². The smallest absolute Gasteiger partial charge is 0.130 e. The van der Waals surface area contributed by atoms with Gasteiger partial charge in [-0.25, -0.2) is 0 Å². The van der Waals surface area contributed by atoms with Gasteiger partial charge in [-0.1, -0.05) is 22.0 Å². The second kappa shape index (κ2) is 6.91. The molecule has 0 saturated heterocycles. The van der Waals surface area contributed by atoms with Gasteiger partial charge in [0.15, 0.2) is 0 Å². The number of hydrogen-bond donors (Lipinski definition) is 1. The van der Waals surface area contributed by atoms with Gasteiger partial charge in [0, 0.05) is 33.9 Å². The molecule has 2 rings (SSSR count). The van der Waals surface area contributed by atoms with Crippen molar-refractivity contribution in [1.29, 1.82) is 0 Å². The lowest BCUT2D eigenvalue weighted by Crippen LogP contribution is -2.08. The highest BCUT2D eigenvalue weighted by atomic mass is 79.9. The van der Waals surface area contributed by atoms with Gasteiger partial charge in [0.25, 0.3) is 0 Å². The Morgan fingerprint density at radius 3 is 2.71 bits per heavy atom. The maximum Gasteiger partial charge on any atom is 0.130 e. The first kappa shape index (κ1) is 15.8. The average molecular weight is 351 g/mol. The molecule has 2 aromatic rings. The Labute approximate surface area is 133 Å². The van der Waals surface area contributed by atoms with Crippen LogP contribution in [0.2, 0.25) is 0 Å². The number of pyridine rings is 1. The van der Waals surface area contributed by atoms with Gasteiger partial charge in [0.2, 0.25) is 0 Å². The van der Waals surface area contributed by atoms with Crippen molar-refractivity contribution in [1.82, 2.24) is 4.98 Å². The van der Waals surface area contributed by atoms with Gasteiger partial charge in [-0.15, -0.1) is 0 Å². The predicted molar refractivity (Wildman–Crippen MR) is 86.6 cm³/mol. The number of rotatable bonds is 5. The SMILES string of the molecule is COc1cc(C)nc(COc2cc(Br)ccc2[C@@H](C)N)c1. The van der Waals surface area contributed by atoms with Crippen LogP contribution in [0.4, 0.5) is 0 Å². The summed E-state index contributed by atoms with van der Waals surface area (Å²) in [5, 5.41) is 0. The molecule has 112 valence electrons. The van der Waals surface area contributed by atoms with Crippen LogP contribution in [0.3, 0.4) is 0 Å². The number of ether oxygens (including phenoxy) is 2. The zero-order valence-corrected chi connectivity index (χ0v) is 14.0. The third-order valence-corrected chi connectivity index (χ3v) is 3.55. The van der Waals surface area contributed by atoms with E-state index in [1.54, 1.807) is 7.11 Å². The molecule has 0 amide bonds. The molecule has 0 fully saturated rings. The summed E-state index contributed by atoms with van der Waals surface area (Å²) < 4.78 is 12.1. The fourth-order valence-electron chi connectivity index (χ4n) is 2.06. The van der Waals surface area contributed by atoms with Crippen LogP contribution in [0.15, 0.2) is 34.8 Å². The van der Waals surface area contributed by atoms with Crippen molar-refractivity contribution >= 4 is 15.9 Å². The summed E-state index contributed by atoms with van der Waals surface area (Å²) >= 11 is 3.45. The second-order valence-electron chi connectivity index (χ2n) is 4.90. The normalized spacial score (nSPS) is 12.0. The fourth-order valence-corrected chi connectivity index (χ4v) is 2.40. The van der Waals surface area contributed by atoms with Gasteiger partial charge in [0.05, 0.1) is 12.8 Å². The standard InChI is InChI=1S/C16H19BrN2O2/c1-10-6-14(20-3)8-13(19-10)9-21-16-7-12(17)4-5-15(16)11(2)18/h4-8,11H,9,18H2,1-3H3/t11-/m1/s1. The van der Waals surface area contributed by atoms with Crippen molar-refractivity contribution in [2.75, 3.05) is 7.11 Å². The molecule has 1 heterocycles. The molecule has 0 aliphatic rings. The number of aryl methyl sites for hydroxylation is 1. The molecule has 0 bridgehead atoms. The fraction of sp³-hybridized carbons (Fsp3) is 0.312. The van der Waals surface area contributed by atoms with Crippen molar-refractivity contribution < 1.29 is 9.47 Å². The third-order valence-electron chi connectivity index (χ3n) is 3.06. The van der Waals surface area contributed by atoms with Crippen molar-refractivity contribution in [2.45, 2.75) is 26.5 Å². The molecule has 1 aromatic heterocycles. The molecule has 0 aliphatic heterocycles. The van der Waals surface area contributed by atoms with Crippen molar-refractivity contribution in [3.63, 3.8) is 0 Å². The molecule has 5 heteroatoms. The first-order valence-corrected chi connectivity index (χ1v) is 7.48. The molecule has 1 atom stereocenters. The van der Waals surface area contributed by atoms with Crippen LogP contribution in [0.5, 0.6) is 11.5 Å². The van der Waals surface area contributed by atoms with E-state index >= 15 is 0 Å². The first-order chi connectivity index (χ1) is 9.99. The Kier molecular flexibility index (Phi) is 5.20. The number of halogens is 1. The minimum absolute atomic E-state index is 0.0897. The topological polar surface area (TPSA) is 57.4 Å². The number of aromatic nitrogens is 1. The van der Waals surface area contributed by atoms with E-state index in [2.05, 4.69) is 20.9 Å². The van der Waals surface area contributed by atoms with E-state index in [0.717, 1.165) is 32.9 Å². The van der Waals surface area contributed by atoms with Crippen LogP contribution >= 0.6 is 15.9 Å². The lowest BCUT2D eigenvalue weighted by molar-refractivity contribution is 0.295. The Bertz CT molecular complexity index is 630. The lowest BCUT2D eigenvalue weighted by atomic mass is 10.1. The van der Waals surface area contributed by atoms with Crippen molar-refractivity contribution in [3.05, 3.63) is 51.8 Å². The molecule has 0 radical (unpaired) electrons. The van der Waals surface area contributed by atoms with Gasteiger partial charge in [-0.2, -0.15) is 0 Å². The summed E-state index contributed by atoms with van der Waals surface area (Å²) in [7, 11) is 1.64. The second-order valence-corrected chi connectivity index (χ2v) is 5.81. The van der Waals surface area contributed by atoms with Gasteiger partial charge in [-0.3, -0.25) is 4.98 Å². The van der Waals surface area contributed by atoms with Crippen LogP contribution in [-0.4, -0.2) is 12.1 Å². The van der Waals surface area contributed by atoms with E-state index in [-0.39, 0.29) is 6.04 Å². The first-order valence-electron chi connectivity index (χ1n) is 6.69. The Morgan fingerprint density at radius 2 is 2.05 bits per heavy atom. The summed E-state index contributed by atoms with van der Waals surface area (Å²) in [4.78, 5) is 4.45. The van der Waals surface area contributed by atoms with Gasteiger partial charge in [0.1, 0.15) is 18.1 Å². The molecule has 21 heavy (non-hydrogen) atoms. The van der Waals surface area contributed by atoms with E-state index < -0.39 is 0 Å². The highest BCUT2D eigenvalue weighted by molar-refractivity contribution is 9.10. The summed E-state index contributed by atoms with van der Waals surface area (Å²) in [6.45, 7) is 4.23. The summed E-state index contributed by atoms with van der Waals surface area (Å²) in [5.74, 6) is 1.55. The molecule has 0 spiro atoms. The highest BCUT2D eigenvalue weighted by Gasteiger charge is 2.10. The Hall–Kier alpha value is -1.59. The number of nitrogens with zero attached hydrogens (tertiary/aromatic N) is 1. The molecule has 0 saturated carbocycles. The monoisotopic (exact) mass is 350 g/mol. The average Bonchev–Trinajstić information content (AvgIpc) is 2.44. The van der Waals surface area contributed by atoms with E-state index in [1.807, 2.05) is 44.2 Å². The van der Waals surface area contributed by atoms with Gasteiger partial charge < -0.3 is 15.2 Å². The Morgan fingerprint density at radius 1 is 1.29 bits per heavy atom. The molecular formula is C16H19BrN2O2. The molecule has 0 unspecified atom stereocenters. The minimum atomic E-state index is -0.0897.